The van der Waals surface area contributed by atoms with E-state index in [0.29, 0.717) is 12.0 Å². The lowest BCUT2D eigenvalue weighted by Crippen LogP contribution is -2.45. The topological polar surface area (TPSA) is 66.4 Å². The predicted molar refractivity (Wildman–Crippen MR) is 103 cm³/mol. The van der Waals surface area contributed by atoms with Crippen molar-refractivity contribution in [3.05, 3.63) is 28.4 Å². The van der Waals surface area contributed by atoms with Crippen LogP contribution in [0.15, 0.2) is 12.1 Å². The van der Waals surface area contributed by atoms with E-state index in [4.69, 9.17) is 0 Å². The molecule has 0 fully saturated rings. The van der Waals surface area contributed by atoms with Crippen molar-refractivity contribution in [3.8, 4) is 0 Å². The van der Waals surface area contributed by atoms with E-state index in [1.165, 1.54) is 0 Å². The number of rotatable bonds is 5. The number of amides is 1. The van der Waals surface area contributed by atoms with Gasteiger partial charge in [-0.2, -0.15) is 0 Å². The first kappa shape index (κ1) is 18.4. The van der Waals surface area contributed by atoms with Crippen LogP contribution >= 0.6 is 67.8 Å². The number of carboxylic acid groups (broad SMARTS) is 1. The molecule has 0 spiro atoms. The molecule has 0 saturated heterocycles. The van der Waals surface area contributed by atoms with Gasteiger partial charge >= 0.3 is 5.97 Å². The fourth-order valence-electron chi connectivity index (χ4n) is 1.62. The van der Waals surface area contributed by atoms with Crippen molar-refractivity contribution in [2.75, 3.05) is 0 Å². The summed E-state index contributed by atoms with van der Waals surface area (Å²) in [5.41, 5.74) is 0.524. The van der Waals surface area contributed by atoms with Crippen LogP contribution in [0.3, 0.4) is 0 Å². The zero-order chi connectivity index (χ0) is 15.4. The van der Waals surface area contributed by atoms with E-state index in [0.717, 1.165) is 10.7 Å². The number of carboxylic acids is 1. The molecule has 0 unspecified atom stereocenters. The summed E-state index contributed by atoms with van der Waals surface area (Å²) in [4.78, 5) is 23.6. The second-order valence-corrected chi connectivity index (χ2v) is 7.91. The zero-order valence-corrected chi connectivity index (χ0v) is 17.4. The minimum atomic E-state index is -0.997. The standard InChI is InChI=1S/C13H14I3NO3/c1-3-6(2)11(13(19)20)17-12(18)8-4-7(14)5-9(15)10(8)16/h4-6,11H,3H2,1-2H3,(H,17,18)(H,19,20)/t6-,11-/m0/s1. The summed E-state index contributed by atoms with van der Waals surface area (Å²) in [5, 5.41) is 11.9. The highest BCUT2D eigenvalue weighted by atomic mass is 127. The SMILES string of the molecule is CC[C@H](C)[C@H](NC(=O)c1cc(I)cc(I)c1I)C(=O)O. The Labute approximate surface area is 158 Å². The fourth-order valence-corrected chi connectivity index (χ4v) is 4.02. The molecule has 0 aliphatic heterocycles. The van der Waals surface area contributed by atoms with Crippen molar-refractivity contribution in [3.63, 3.8) is 0 Å². The van der Waals surface area contributed by atoms with Gasteiger partial charge in [-0.15, -0.1) is 0 Å². The number of carbonyl (C=O) groups excluding carboxylic acids is 1. The average molecular weight is 613 g/mol. The van der Waals surface area contributed by atoms with Crippen LogP contribution in [0.25, 0.3) is 0 Å². The molecule has 0 bridgehead atoms. The van der Waals surface area contributed by atoms with Crippen molar-refractivity contribution in [1.29, 1.82) is 0 Å². The Morgan fingerprint density at radius 3 is 2.40 bits per heavy atom. The molecule has 20 heavy (non-hydrogen) atoms. The lowest BCUT2D eigenvalue weighted by Gasteiger charge is -2.20. The molecule has 0 aliphatic rings. The van der Waals surface area contributed by atoms with Crippen LogP contribution in [0, 0.1) is 16.6 Å². The lowest BCUT2D eigenvalue weighted by molar-refractivity contribution is -0.140. The van der Waals surface area contributed by atoms with E-state index in [-0.39, 0.29) is 11.8 Å². The highest BCUT2D eigenvalue weighted by Gasteiger charge is 2.26. The first-order valence-electron chi connectivity index (χ1n) is 5.96. The van der Waals surface area contributed by atoms with Crippen molar-refractivity contribution in [2.45, 2.75) is 26.3 Å². The number of halogens is 3. The predicted octanol–water partition coefficient (Wildman–Crippen LogP) is 3.73. The first-order valence-corrected chi connectivity index (χ1v) is 9.19. The summed E-state index contributed by atoms with van der Waals surface area (Å²) >= 11 is 6.42. The average Bonchev–Trinajstić information content (AvgIpc) is 2.38. The van der Waals surface area contributed by atoms with E-state index in [1.54, 1.807) is 6.07 Å². The van der Waals surface area contributed by atoms with Gasteiger partial charge in [0.15, 0.2) is 0 Å². The van der Waals surface area contributed by atoms with Gasteiger partial charge in [0.2, 0.25) is 0 Å². The third-order valence-corrected chi connectivity index (χ3v) is 6.67. The van der Waals surface area contributed by atoms with Crippen LogP contribution < -0.4 is 5.32 Å². The van der Waals surface area contributed by atoms with Crippen molar-refractivity contribution in [2.24, 2.45) is 5.92 Å². The van der Waals surface area contributed by atoms with Gasteiger partial charge in [-0.3, -0.25) is 4.79 Å². The second-order valence-electron chi connectivity index (χ2n) is 4.42. The Bertz CT molecular complexity index is 534. The van der Waals surface area contributed by atoms with Gasteiger partial charge in [0.1, 0.15) is 6.04 Å². The first-order chi connectivity index (χ1) is 9.27. The zero-order valence-electron chi connectivity index (χ0n) is 10.9. The lowest BCUT2D eigenvalue weighted by atomic mass is 9.99. The minimum absolute atomic E-state index is 0.115. The Balaban J connectivity index is 3.04. The molecular weight excluding hydrogens is 599 g/mol. The molecule has 7 heteroatoms. The number of carbonyl (C=O) groups is 2. The van der Waals surface area contributed by atoms with Crippen LogP contribution in [-0.2, 0) is 4.79 Å². The Morgan fingerprint density at radius 1 is 1.30 bits per heavy atom. The third-order valence-electron chi connectivity index (χ3n) is 3.00. The van der Waals surface area contributed by atoms with Gasteiger partial charge in [0, 0.05) is 10.7 Å². The van der Waals surface area contributed by atoms with E-state index >= 15 is 0 Å². The van der Waals surface area contributed by atoms with E-state index in [1.807, 2.05) is 19.9 Å². The monoisotopic (exact) mass is 613 g/mol. The molecule has 1 rings (SSSR count). The number of aliphatic carboxylic acids is 1. The van der Waals surface area contributed by atoms with E-state index in [9.17, 15) is 14.7 Å². The summed E-state index contributed by atoms with van der Waals surface area (Å²) in [7, 11) is 0. The number of hydrogen-bond donors (Lipinski definition) is 2. The smallest absolute Gasteiger partial charge is 0.326 e. The minimum Gasteiger partial charge on any atom is -0.480 e. The number of benzene rings is 1. The van der Waals surface area contributed by atoms with Crippen molar-refractivity contribution < 1.29 is 14.7 Å². The molecule has 0 heterocycles. The normalized spacial score (nSPS) is 13.7. The van der Waals surface area contributed by atoms with Crippen LogP contribution in [0.5, 0.6) is 0 Å². The summed E-state index contributed by atoms with van der Waals surface area (Å²) < 4.78 is 2.78. The van der Waals surface area contributed by atoms with Crippen LogP contribution in [-0.4, -0.2) is 23.0 Å². The quantitative estimate of drug-likeness (QED) is 0.394. The van der Waals surface area contributed by atoms with Gasteiger partial charge in [0.25, 0.3) is 5.91 Å². The summed E-state index contributed by atoms with van der Waals surface area (Å²) in [6.07, 6.45) is 0.693. The number of nitrogens with one attached hydrogen (secondary N) is 1. The maximum Gasteiger partial charge on any atom is 0.326 e. The molecule has 2 N–H and O–H groups in total. The van der Waals surface area contributed by atoms with Crippen molar-refractivity contribution >= 4 is 79.6 Å². The largest absolute Gasteiger partial charge is 0.480 e. The second kappa shape index (κ2) is 8.11. The Hall–Kier alpha value is 0.350. The van der Waals surface area contributed by atoms with Gasteiger partial charge in [0.05, 0.1) is 5.56 Å². The summed E-state index contributed by atoms with van der Waals surface area (Å²) in [6.45, 7) is 3.73. The van der Waals surface area contributed by atoms with Gasteiger partial charge in [-0.25, -0.2) is 4.79 Å². The molecule has 0 radical (unpaired) electrons. The summed E-state index contributed by atoms with van der Waals surface area (Å²) in [6, 6.07) is 2.89. The van der Waals surface area contributed by atoms with Crippen molar-refractivity contribution in [1.82, 2.24) is 5.32 Å². The molecule has 0 aliphatic carbocycles. The molecule has 1 amide bonds. The molecule has 4 nitrogen and oxygen atoms in total. The Morgan fingerprint density at radius 2 is 1.90 bits per heavy atom. The molecule has 1 aromatic carbocycles. The Kier molecular flexibility index (Phi) is 7.46. The summed E-state index contributed by atoms with van der Waals surface area (Å²) in [5.74, 6) is -1.45. The van der Waals surface area contributed by atoms with Gasteiger partial charge in [-0.1, -0.05) is 20.3 Å². The van der Waals surface area contributed by atoms with E-state index < -0.39 is 12.0 Å². The van der Waals surface area contributed by atoms with E-state index in [2.05, 4.69) is 73.1 Å². The van der Waals surface area contributed by atoms with Crippen LogP contribution in [0.2, 0.25) is 0 Å². The molecule has 1 aromatic rings. The fraction of sp³-hybridized carbons (Fsp3) is 0.385. The van der Waals surface area contributed by atoms with Crippen LogP contribution in [0.1, 0.15) is 30.6 Å². The number of hydrogen-bond acceptors (Lipinski definition) is 2. The molecule has 0 saturated carbocycles. The molecular formula is C13H14I3NO3. The highest BCUT2D eigenvalue weighted by Crippen LogP contribution is 2.23. The highest BCUT2D eigenvalue weighted by molar-refractivity contribution is 14.1. The molecule has 110 valence electrons. The van der Waals surface area contributed by atoms with Gasteiger partial charge in [-0.05, 0) is 85.8 Å². The molecule has 2 atom stereocenters. The maximum atomic E-state index is 12.3. The third kappa shape index (κ3) is 4.68. The van der Waals surface area contributed by atoms with Crippen LogP contribution in [0.4, 0.5) is 0 Å². The molecule has 0 aromatic heterocycles. The van der Waals surface area contributed by atoms with Gasteiger partial charge < -0.3 is 10.4 Å². The maximum absolute atomic E-state index is 12.3.